The van der Waals surface area contributed by atoms with Crippen molar-refractivity contribution in [2.45, 2.75) is 24.3 Å². The average molecular weight is 388 g/mol. The molecule has 2 N–H and O–H groups in total. The second kappa shape index (κ2) is 7.48. The second-order valence-corrected chi connectivity index (χ2v) is 7.72. The third-order valence-electron chi connectivity index (χ3n) is 4.51. The molecule has 140 valence electrons. The first-order valence-corrected chi connectivity index (χ1v) is 9.86. The lowest BCUT2D eigenvalue weighted by Gasteiger charge is -2.12. The molecule has 6 heteroatoms. The molecular weight excluding hydrogens is 368 g/mol. The molecule has 0 bridgehead atoms. The van der Waals surface area contributed by atoms with E-state index >= 15 is 0 Å². The summed E-state index contributed by atoms with van der Waals surface area (Å²) in [6.45, 7) is 4.00. The van der Waals surface area contributed by atoms with E-state index in [-0.39, 0.29) is 0 Å². The number of thioether (sulfide) groups is 1. The molecule has 28 heavy (non-hydrogen) atoms. The lowest BCUT2D eigenvalue weighted by Crippen LogP contribution is -2.19. The number of carbonyl (C=O) groups excluding carboxylic acids is 1. The summed E-state index contributed by atoms with van der Waals surface area (Å²) in [7, 11) is 0. The minimum Gasteiger partial charge on any atom is -0.368 e. The van der Waals surface area contributed by atoms with Gasteiger partial charge in [-0.2, -0.15) is 5.10 Å². The summed E-state index contributed by atoms with van der Waals surface area (Å²) in [5, 5.41) is 4.77. The molecule has 0 aliphatic carbocycles. The minimum atomic E-state index is -0.543. The van der Waals surface area contributed by atoms with Gasteiger partial charge in [-0.25, -0.2) is 9.50 Å². The van der Waals surface area contributed by atoms with Crippen molar-refractivity contribution in [2.75, 3.05) is 0 Å². The van der Waals surface area contributed by atoms with E-state index in [0.717, 1.165) is 33.6 Å². The summed E-state index contributed by atoms with van der Waals surface area (Å²) >= 11 is 1.33. The largest absolute Gasteiger partial charge is 0.368 e. The standard InChI is InChI=1S/C22H20N4OS/c1-14-13-15(2)25-26-19(14)18(16-9-5-3-6-10-16)24-22(26)28-20(21(23)27)17-11-7-4-8-12-17/h3-13,20H,1-2H3,(H2,23,27). The molecule has 1 unspecified atom stereocenters. The first kappa shape index (κ1) is 18.3. The fraction of sp³-hybridized carbons (Fsp3) is 0.136. The number of aryl methyl sites for hydroxylation is 2. The molecule has 0 radical (unpaired) electrons. The summed E-state index contributed by atoms with van der Waals surface area (Å²) in [4.78, 5) is 17.1. The van der Waals surface area contributed by atoms with Crippen LogP contribution < -0.4 is 5.73 Å². The predicted octanol–water partition coefficient (Wildman–Crippen LogP) is 4.33. The number of imidazole rings is 1. The Morgan fingerprint density at radius 1 is 1.04 bits per heavy atom. The Morgan fingerprint density at radius 3 is 2.32 bits per heavy atom. The van der Waals surface area contributed by atoms with Crippen molar-refractivity contribution in [3.8, 4) is 11.3 Å². The number of hydrogen-bond acceptors (Lipinski definition) is 4. The van der Waals surface area contributed by atoms with Crippen LogP contribution in [-0.2, 0) is 4.79 Å². The van der Waals surface area contributed by atoms with E-state index in [0.29, 0.717) is 5.16 Å². The van der Waals surface area contributed by atoms with Gasteiger partial charge in [-0.3, -0.25) is 4.79 Å². The van der Waals surface area contributed by atoms with Gasteiger partial charge in [0.2, 0.25) is 5.91 Å². The van der Waals surface area contributed by atoms with Crippen molar-refractivity contribution in [1.82, 2.24) is 14.6 Å². The van der Waals surface area contributed by atoms with Gasteiger partial charge in [-0.1, -0.05) is 72.4 Å². The molecule has 5 nitrogen and oxygen atoms in total. The van der Waals surface area contributed by atoms with Gasteiger partial charge in [0, 0.05) is 5.56 Å². The van der Waals surface area contributed by atoms with Crippen molar-refractivity contribution in [3.63, 3.8) is 0 Å². The van der Waals surface area contributed by atoms with Gasteiger partial charge in [0.25, 0.3) is 0 Å². The Hall–Kier alpha value is -3.12. The number of primary amides is 1. The number of benzene rings is 2. The molecule has 2 heterocycles. The monoisotopic (exact) mass is 388 g/mol. The number of nitrogens with zero attached hydrogens (tertiary/aromatic N) is 3. The fourth-order valence-corrected chi connectivity index (χ4v) is 4.30. The maximum absolute atomic E-state index is 12.2. The maximum Gasteiger partial charge on any atom is 0.235 e. The number of aromatic nitrogens is 3. The molecular formula is C22H20N4OS. The molecule has 0 aliphatic rings. The Kier molecular flexibility index (Phi) is 4.88. The van der Waals surface area contributed by atoms with E-state index in [1.54, 1.807) is 0 Å². The summed E-state index contributed by atoms with van der Waals surface area (Å²) in [5.74, 6) is -0.404. The minimum absolute atomic E-state index is 0.404. The van der Waals surface area contributed by atoms with E-state index in [9.17, 15) is 4.79 Å². The molecule has 4 aromatic rings. The van der Waals surface area contributed by atoms with Gasteiger partial charge in [0.1, 0.15) is 5.25 Å². The van der Waals surface area contributed by atoms with Crippen LogP contribution in [0.5, 0.6) is 0 Å². The molecule has 0 spiro atoms. The van der Waals surface area contributed by atoms with Crippen LogP contribution in [0.4, 0.5) is 0 Å². The summed E-state index contributed by atoms with van der Waals surface area (Å²) in [6.07, 6.45) is 0. The summed E-state index contributed by atoms with van der Waals surface area (Å²) in [5.41, 5.74) is 11.3. The molecule has 1 atom stereocenters. The third-order valence-corrected chi connectivity index (χ3v) is 5.73. The number of hydrogen-bond donors (Lipinski definition) is 1. The van der Waals surface area contributed by atoms with E-state index < -0.39 is 11.2 Å². The van der Waals surface area contributed by atoms with Crippen LogP contribution in [0.1, 0.15) is 22.1 Å². The van der Waals surface area contributed by atoms with E-state index in [2.05, 4.69) is 12.0 Å². The number of fused-ring (bicyclic) bond motifs is 1. The van der Waals surface area contributed by atoms with Crippen molar-refractivity contribution >= 4 is 23.2 Å². The zero-order valence-electron chi connectivity index (χ0n) is 15.7. The average Bonchev–Trinajstić information content (AvgIpc) is 3.06. The molecule has 2 aromatic carbocycles. The van der Waals surface area contributed by atoms with Gasteiger partial charge in [0.15, 0.2) is 5.16 Å². The van der Waals surface area contributed by atoms with Crippen LogP contribution in [0.15, 0.2) is 71.9 Å². The predicted molar refractivity (Wildman–Crippen MR) is 112 cm³/mol. The van der Waals surface area contributed by atoms with Crippen LogP contribution >= 0.6 is 11.8 Å². The summed E-state index contributed by atoms with van der Waals surface area (Å²) in [6, 6.07) is 21.6. The number of rotatable bonds is 5. The Balaban J connectivity index is 1.88. The van der Waals surface area contributed by atoms with E-state index in [1.807, 2.05) is 78.2 Å². The summed E-state index contributed by atoms with van der Waals surface area (Å²) < 4.78 is 1.83. The van der Waals surface area contributed by atoms with Gasteiger partial charge in [-0.15, -0.1) is 0 Å². The van der Waals surface area contributed by atoms with Crippen LogP contribution in [0.3, 0.4) is 0 Å². The van der Waals surface area contributed by atoms with Crippen LogP contribution in [0.25, 0.3) is 16.8 Å². The van der Waals surface area contributed by atoms with Gasteiger partial charge in [0.05, 0.1) is 16.9 Å². The SMILES string of the molecule is Cc1cc(C)c2c(-c3ccccc3)nc(SC(C(N)=O)c3ccccc3)n2n1. The van der Waals surface area contributed by atoms with Crippen molar-refractivity contribution in [1.29, 1.82) is 0 Å². The highest BCUT2D eigenvalue weighted by Gasteiger charge is 2.24. The lowest BCUT2D eigenvalue weighted by atomic mass is 10.1. The molecule has 0 saturated heterocycles. The normalized spacial score (nSPS) is 12.2. The van der Waals surface area contributed by atoms with Crippen LogP contribution in [-0.4, -0.2) is 20.5 Å². The molecule has 0 aliphatic heterocycles. The molecule has 2 aromatic heterocycles. The first-order valence-electron chi connectivity index (χ1n) is 8.98. The second-order valence-electron chi connectivity index (χ2n) is 6.65. The molecule has 1 amide bonds. The Morgan fingerprint density at radius 2 is 1.68 bits per heavy atom. The fourth-order valence-electron chi connectivity index (χ4n) is 3.30. The highest BCUT2D eigenvalue weighted by atomic mass is 32.2. The lowest BCUT2D eigenvalue weighted by molar-refractivity contribution is -0.117. The van der Waals surface area contributed by atoms with Crippen molar-refractivity contribution < 1.29 is 4.79 Å². The van der Waals surface area contributed by atoms with E-state index in [1.165, 1.54) is 11.8 Å². The molecule has 0 saturated carbocycles. The number of nitrogens with two attached hydrogens (primary N) is 1. The zero-order chi connectivity index (χ0) is 19.7. The van der Waals surface area contributed by atoms with Gasteiger partial charge < -0.3 is 5.73 Å². The number of amides is 1. The van der Waals surface area contributed by atoms with Crippen molar-refractivity contribution in [2.24, 2.45) is 5.73 Å². The van der Waals surface area contributed by atoms with Crippen molar-refractivity contribution in [3.05, 3.63) is 83.6 Å². The maximum atomic E-state index is 12.2. The first-order chi connectivity index (χ1) is 13.5. The Bertz CT molecular complexity index is 1140. The van der Waals surface area contributed by atoms with E-state index in [4.69, 9.17) is 10.7 Å². The van der Waals surface area contributed by atoms with Crippen LogP contribution in [0.2, 0.25) is 0 Å². The van der Waals surface area contributed by atoms with Crippen LogP contribution in [0, 0.1) is 13.8 Å². The van der Waals surface area contributed by atoms with Gasteiger partial charge >= 0.3 is 0 Å². The molecule has 0 fully saturated rings. The number of carbonyl (C=O) groups is 1. The smallest absolute Gasteiger partial charge is 0.235 e. The Labute approximate surface area is 167 Å². The van der Waals surface area contributed by atoms with Gasteiger partial charge in [-0.05, 0) is 31.0 Å². The topological polar surface area (TPSA) is 73.3 Å². The highest BCUT2D eigenvalue weighted by molar-refractivity contribution is 8.00. The highest BCUT2D eigenvalue weighted by Crippen LogP contribution is 2.37. The third kappa shape index (κ3) is 3.39. The quantitative estimate of drug-likeness (QED) is 0.517. The molecule has 4 rings (SSSR count). The zero-order valence-corrected chi connectivity index (χ0v) is 16.5.